The van der Waals surface area contributed by atoms with Crippen LogP contribution in [-0.2, 0) is 6.54 Å². The summed E-state index contributed by atoms with van der Waals surface area (Å²) in [7, 11) is 0. The summed E-state index contributed by atoms with van der Waals surface area (Å²) in [6.45, 7) is 4.99. The van der Waals surface area contributed by atoms with Gasteiger partial charge in [0.05, 0.1) is 11.4 Å². The summed E-state index contributed by atoms with van der Waals surface area (Å²) < 4.78 is 1.93. The molecule has 0 fully saturated rings. The Morgan fingerprint density at radius 2 is 2.00 bits per heavy atom. The standard InChI is InChI=1S/C12H15N3/c1-3-15-9-12(10(2)14-15)13-11-7-5-4-6-8-11/h4-9,13H,3H2,1-2H3. The van der Waals surface area contributed by atoms with Crippen molar-refractivity contribution in [3.05, 3.63) is 42.2 Å². The second-order valence-corrected chi connectivity index (χ2v) is 3.47. The zero-order chi connectivity index (χ0) is 10.7. The van der Waals surface area contributed by atoms with Gasteiger partial charge >= 0.3 is 0 Å². The van der Waals surface area contributed by atoms with Gasteiger partial charge in [0.2, 0.25) is 0 Å². The van der Waals surface area contributed by atoms with Crippen molar-refractivity contribution in [3.8, 4) is 0 Å². The number of aromatic nitrogens is 2. The first-order chi connectivity index (χ1) is 7.29. The fourth-order valence-corrected chi connectivity index (χ4v) is 1.48. The normalized spacial score (nSPS) is 10.3. The fourth-order valence-electron chi connectivity index (χ4n) is 1.48. The Morgan fingerprint density at radius 1 is 1.27 bits per heavy atom. The first-order valence-corrected chi connectivity index (χ1v) is 5.15. The Kier molecular flexibility index (Phi) is 2.72. The van der Waals surface area contributed by atoms with Crippen LogP contribution in [-0.4, -0.2) is 9.78 Å². The van der Waals surface area contributed by atoms with E-state index in [9.17, 15) is 0 Å². The number of hydrogen-bond donors (Lipinski definition) is 1. The van der Waals surface area contributed by atoms with E-state index in [1.54, 1.807) is 0 Å². The van der Waals surface area contributed by atoms with Crippen molar-refractivity contribution >= 4 is 11.4 Å². The van der Waals surface area contributed by atoms with E-state index >= 15 is 0 Å². The van der Waals surface area contributed by atoms with Gasteiger partial charge in [-0.25, -0.2) is 0 Å². The van der Waals surface area contributed by atoms with Crippen LogP contribution in [0.1, 0.15) is 12.6 Å². The van der Waals surface area contributed by atoms with Crippen molar-refractivity contribution in [2.75, 3.05) is 5.32 Å². The van der Waals surface area contributed by atoms with E-state index in [4.69, 9.17) is 0 Å². The Hall–Kier alpha value is -1.77. The van der Waals surface area contributed by atoms with Crippen LogP contribution in [0.4, 0.5) is 11.4 Å². The molecule has 1 aromatic carbocycles. The van der Waals surface area contributed by atoms with Crippen molar-refractivity contribution < 1.29 is 0 Å². The van der Waals surface area contributed by atoms with E-state index in [-0.39, 0.29) is 0 Å². The summed E-state index contributed by atoms with van der Waals surface area (Å²) in [5.41, 5.74) is 3.19. The van der Waals surface area contributed by atoms with Crippen molar-refractivity contribution in [1.29, 1.82) is 0 Å². The largest absolute Gasteiger partial charge is 0.353 e. The molecule has 1 heterocycles. The summed E-state index contributed by atoms with van der Waals surface area (Å²) in [4.78, 5) is 0. The molecule has 15 heavy (non-hydrogen) atoms. The lowest BCUT2D eigenvalue weighted by atomic mass is 10.3. The van der Waals surface area contributed by atoms with Crippen LogP contribution in [0.25, 0.3) is 0 Å². The van der Waals surface area contributed by atoms with Gasteiger partial charge in [-0.3, -0.25) is 4.68 Å². The third-order valence-electron chi connectivity index (χ3n) is 2.32. The van der Waals surface area contributed by atoms with Gasteiger partial charge in [-0.1, -0.05) is 18.2 Å². The molecule has 2 aromatic rings. The number of rotatable bonds is 3. The fraction of sp³-hybridized carbons (Fsp3) is 0.250. The van der Waals surface area contributed by atoms with E-state index in [0.29, 0.717) is 0 Å². The number of benzene rings is 1. The number of anilines is 2. The highest BCUT2D eigenvalue weighted by Gasteiger charge is 2.03. The summed E-state index contributed by atoms with van der Waals surface area (Å²) in [5, 5.41) is 7.72. The van der Waals surface area contributed by atoms with Gasteiger partial charge in [0.25, 0.3) is 0 Å². The number of para-hydroxylation sites is 1. The molecule has 0 aliphatic heterocycles. The zero-order valence-corrected chi connectivity index (χ0v) is 9.07. The van der Waals surface area contributed by atoms with Crippen LogP contribution in [0.3, 0.4) is 0 Å². The van der Waals surface area contributed by atoms with Crippen LogP contribution < -0.4 is 5.32 Å². The van der Waals surface area contributed by atoms with Crippen LogP contribution in [0.5, 0.6) is 0 Å². The average Bonchev–Trinajstić information content (AvgIpc) is 2.61. The molecule has 1 aromatic heterocycles. The lowest BCUT2D eigenvalue weighted by molar-refractivity contribution is 0.653. The third-order valence-corrected chi connectivity index (χ3v) is 2.32. The minimum absolute atomic E-state index is 0.900. The van der Waals surface area contributed by atoms with Gasteiger partial charge in [-0.15, -0.1) is 0 Å². The third kappa shape index (κ3) is 2.18. The van der Waals surface area contributed by atoms with Gasteiger partial charge < -0.3 is 5.32 Å². The molecule has 3 nitrogen and oxygen atoms in total. The van der Waals surface area contributed by atoms with Gasteiger partial charge in [0.1, 0.15) is 0 Å². The smallest absolute Gasteiger partial charge is 0.0828 e. The molecule has 0 amide bonds. The molecule has 0 saturated carbocycles. The summed E-state index contributed by atoms with van der Waals surface area (Å²) in [6.07, 6.45) is 2.03. The Bertz CT molecular complexity index is 431. The highest BCUT2D eigenvalue weighted by Crippen LogP contribution is 2.18. The van der Waals surface area contributed by atoms with Crippen LogP contribution in [0, 0.1) is 6.92 Å². The topological polar surface area (TPSA) is 29.9 Å². The Balaban J connectivity index is 2.21. The highest BCUT2D eigenvalue weighted by molar-refractivity contribution is 5.60. The second-order valence-electron chi connectivity index (χ2n) is 3.47. The second kappa shape index (κ2) is 4.17. The summed E-state index contributed by atoms with van der Waals surface area (Å²) in [6, 6.07) is 10.1. The first kappa shape index (κ1) is 9.77. The maximum Gasteiger partial charge on any atom is 0.0828 e. The van der Waals surface area contributed by atoms with Gasteiger partial charge in [0, 0.05) is 18.4 Å². The SMILES string of the molecule is CCn1cc(Nc2ccccc2)c(C)n1. The number of nitrogens with one attached hydrogen (secondary N) is 1. The predicted molar refractivity (Wildman–Crippen MR) is 62.4 cm³/mol. The van der Waals surface area contributed by atoms with Crippen LogP contribution in [0.2, 0.25) is 0 Å². The van der Waals surface area contributed by atoms with E-state index in [1.807, 2.05) is 48.1 Å². The molecule has 0 aliphatic rings. The molecule has 1 N–H and O–H groups in total. The van der Waals surface area contributed by atoms with E-state index in [1.165, 1.54) is 0 Å². The van der Waals surface area contributed by atoms with Crippen molar-refractivity contribution in [3.63, 3.8) is 0 Å². The van der Waals surface area contributed by atoms with E-state index in [0.717, 1.165) is 23.6 Å². The molecular formula is C12H15N3. The van der Waals surface area contributed by atoms with E-state index < -0.39 is 0 Å². The average molecular weight is 201 g/mol. The minimum Gasteiger partial charge on any atom is -0.353 e. The number of nitrogens with zero attached hydrogens (tertiary/aromatic N) is 2. The van der Waals surface area contributed by atoms with E-state index in [2.05, 4.69) is 17.3 Å². The van der Waals surface area contributed by atoms with Crippen LogP contribution >= 0.6 is 0 Å². The lowest BCUT2D eigenvalue weighted by Gasteiger charge is -2.03. The molecule has 0 radical (unpaired) electrons. The molecule has 3 heteroatoms. The number of aryl methyl sites for hydroxylation is 2. The maximum atomic E-state index is 4.38. The molecule has 78 valence electrons. The quantitative estimate of drug-likeness (QED) is 0.827. The Morgan fingerprint density at radius 3 is 2.60 bits per heavy atom. The van der Waals surface area contributed by atoms with Crippen molar-refractivity contribution in [1.82, 2.24) is 9.78 Å². The van der Waals surface area contributed by atoms with Crippen molar-refractivity contribution in [2.45, 2.75) is 20.4 Å². The highest BCUT2D eigenvalue weighted by atomic mass is 15.3. The Labute approximate surface area is 89.7 Å². The first-order valence-electron chi connectivity index (χ1n) is 5.15. The van der Waals surface area contributed by atoms with Gasteiger partial charge in [0.15, 0.2) is 0 Å². The molecule has 0 spiro atoms. The monoisotopic (exact) mass is 201 g/mol. The molecule has 0 bridgehead atoms. The molecular weight excluding hydrogens is 186 g/mol. The summed E-state index contributed by atoms with van der Waals surface area (Å²) in [5.74, 6) is 0. The molecule has 0 aliphatic carbocycles. The predicted octanol–water partition coefficient (Wildman–Crippen LogP) is 2.96. The van der Waals surface area contributed by atoms with Crippen molar-refractivity contribution in [2.24, 2.45) is 0 Å². The number of hydrogen-bond acceptors (Lipinski definition) is 2. The zero-order valence-electron chi connectivity index (χ0n) is 9.07. The van der Waals surface area contributed by atoms with Crippen LogP contribution in [0.15, 0.2) is 36.5 Å². The molecule has 0 atom stereocenters. The maximum absolute atomic E-state index is 4.38. The lowest BCUT2D eigenvalue weighted by Crippen LogP contribution is -1.93. The summed E-state index contributed by atoms with van der Waals surface area (Å²) >= 11 is 0. The van der Waals surface area contributed by atoms with Gasteiger partial charge in [-0.2, -0.15) is 5.10 Å². The molecule has 0 saturated heterocycles. The molecule has 2 rings (SSSR count). The minimum atomic E-state index is 0.900. The molecule has 0 unspecified atom stereocenters. The van der Waals surface area contributed by atoms with Gasteiger partial charge in [-0.05, 0) is 26.0 Å².